The summed E-state index contributed by atoms with van der Waals surface area (Å²) in [5, 5.41) is 5.96. The van der Waals surface area contributed by atoms with E-state index in [2.05, 4.69) is 49.3 Å². The fourth-order valence-electron chi connectivity index (χ4n) is 3.10. The standard InChI is InChI=1S/C20H23N3O2S/c1-13-11-20(2,3)23(4)16-10-17(25-5)14(9-15(13)16)12-21-22-19(24)18-7-6-8-26-18/h6-12H,1-5H3,(H,22,24)/b21-12+. The number of carbonyl (C=O) groups is 1. The van der Waals surface area contributed by atoms with Crippen LogP contribution in [0.4, 0.5) is 5.69 Å². The zero-order valence-electron chi connectivity index (χ0n) is 15.7. The molecule has 136 valence electrons. The molecule has 0 aliphatic carbocycles. The molecule has 2 aromatic rings. The number of rotatable bonds is 4. The van der Waals surface area contributed by atoms with Crippen molar-refractivity contribution in [3.63, 3.8) is 0 Å². The predicted molar refractivity (Wildman–Crippen MR) is 109 cm³/mol. The maximum Gasteiger partial charge on any atom is 0.281 e. The van der Waals surface area contributed by atoms with Crippen LogP contribution in [0, 0.1) is 0 Å². The second-order valence-corrected chi connectivity index (χ2v) is 7.78. The SMILES string of the molecule is COc1cc2c(cc1/C=N/NC(=O)c1cccs1)C(C)=CC(C)(C)N2C. The number of allylic oxidation sites excluding steroid dienone is 1. The average molecular weight is 369 g/mol. The quantitative estimate of drug-likeness (QED) is 0.651. The van der Waals surface area contributed by atoms with Gasteiger partial charge in [-0.1, -0.05) is 12.1 Å². The minimum absolute atomic E-state index is 0.0631. The normalized spacial score (nSPS) is 15.6. The summed E-state index contributed by atoms with van der Waals surface area (Å²) < 4.78 is 5.54. The molecule has 0 saturated heterocycles. The molecule has 0 spiro atoms. The number of anilines is 1. The van der Waals surface area contributed by atoms with Crippen molar-refractivity contribution in [2.24, 2.45) is 5.10 Å². The van der Waals surface area contributed by atoms with E-state index in [-0.39, 0.29) is 11.4 Å². The number of fused-ring (bicyclic) bond motifs is 1. The highest BCUT2D eigenvalue weighted by atomic mass is 32.1. The van der Waals surface area contributed by atoms with Gasteiger partial charge in [-0.2, -0.15) is 5.10 Å². The van der Waals surface area contributed by atoms with Gasteiger partial charge in [-0.25, -0.2) is 5.43 Å². The van der Waals surface area contributed by atoms with Crippen LogP contribution in [-0.4, -0.2) is 31.8 Å². The van der Waals surface area contributed by atoms with E-state index in [9.17, 15) is 4.79 Å². The van der Waals surface area contributed by atoms with Crippen LogP contribution in [0.25, 0.3) is 5.57 Å². The molecule has 1 aromatic carbocycles. The van der Waals surface area contributed by atoms with Crippen molar-refractivity contribution < 1.29 is 9.53 Å². The molecule has 1 amide bonds. The molecule has 0 radical (unpaired) electrons. The summed E-state index contributed by atoms with van der Waals surface area (Å²) in [5.74, 6) is 0.501. The Bertz CT molecular complexity index is 883. The number of ether oxygens (including phenoxy) is 1. The van der Waals surface area contributed by atoms with E-state index in [0.717, 1.165) is 22.6 Å². The summed E-state index contributed by atoms with van der Waals surface area (Å²) in [6.07, 6.45) is 3.87. The van der Waals surface area contributed by atoms with Crippen LogP contribution in [-0.2, 0) is 0 Å². The average Bonchev–Trinajstić information content (AvgIpc) is 3.13. The maximum atomic E-state index is 12.0. The van der Waals surface area contributed by atoms with Crippen LogP contribution in [0.5, 0.6) is 5.75 Å². The van der Waals surface area contributed by atoms with E-state index in [1.165, 1.54) is 16.9 Å². The summed E-state index contributed by atoms with van der Waals surface area (Å²) in [6.45, 7) is 6.47. The van der Waals surface area contributed by atoms with Crippen molar-refractivity contribution in [1.29, 1.82) is 0 Å². The molecule has 26 heavy (non-hydrogen) atoms. The lowest BCUT2D eigenvalue weighted by molar-refractivity contribution is 0.0959. The van der Waals surface area contributed by atoms with E-state index < -0.39 is 0 Å². The molecule has 1 N–H and O–H groups in total. The smallest absolute Gasteiger partial charge is 0.281 e. The number of thiophene rings is 1. The Morgan fingerprint density at radius 2 is 2.15 bits per heavy atom. The van der Waals surface area contributed by atoms with E-state index in [0.29, 0.717) is 4.88 Å². The van der Waals surface area contributed by atoms with Gasteiger partial charge in [0, 0.05) is 29.9 Å². The third-order valence-corrected chi connectivity index (χ3v) is 5.55. The van der Waals surface area contributed by atoms with Crippen molar-refractivity contribution >= 4 is 34.7 Å². The first-order chi connectivity index (χ1) is 12.3. The highest BCUT2D eigenvalue weighted by molar-refractivity contribution is 7.12. The van der Waals surface area contributed by atoms with Crippen molar-refractivity contribution in [3.8, 4) is 5.75 Å². The summed E-state index contributed by atoms with van der Waals surface area (Å²) in [4.78, 5) is 14.8. The Labute approximate surface area is 158 Å². The number of amides is 1. The van der Waals surface area contributed by atoms with Gasteiger partial charge in [0.25, 0.3) is 5.91 Å². The van der Waals surface area contributed by atoms with Crippen LogP contribution in [0.15, 0.2) is 40.8 Å². The van der Waals surface area contributed by atoms with Gasteiger partial charge in [0.2, 0.25) is 0 Å². The first-order valence-electron chi connectivity index (χ1n) is 8.36. The summed E-state index contributed by atoms with van der Waals surface area (Å²) in [5.41, 5.74) is 6.78. The van der Waals surface area contributed by atoms with E-state index in [1.54, 1.807) is 19.4 Å². The van der Waals surface area contributed by atoms with Crippen LogP contribution in [0.3, 0.4) is 0 Å². The molecule has 0 bridgehead atoms. The molecule has 1 aliphatic heterocycles. The van der Waals surface area contributed by atoms with Gasteiger partial charge < -0.3 is 9.64 Å². The first-order valence-corrected chi connectivity index (χ1v) is 9.24. The molecular formula is C20H23N3O2S. The number of benzene rings is 1. The molecule has 1 aliphatic rings. The molecule has 6 heteroatoms. The van der Waals surface area contributed by atoms with Crippen molar-refractivity contribution in [2.75, 3.05) is 19.1 Å². The minimum atomic E-state index is -0.217. The lowest BCUT2D eigenvalue weighted by Crippen LogP contribution is -2.42. The Balaban J connectivity index is 1.90. The fourth-order valence-corrected chi connectivity index (χ4v) is 3.71. The fraction of sp³-hybridized carbons (Fsp3) is 0.300. The Kier molecular flexibility index (Phi) is 4.87. The van der Waals surface area contributed by atoms with Gasteiger partial charge in [-0.3, -0.25) is 4.79 Å². The lowest BCUT2D eigenvalue weighted by Gasteiger charge is -2.40. The van der Waals surface area contributed by atoms with Crippen LogP contribution in [0.2, 0.25) is 0 Å². The lowest BCUT2D eigenvalue weighted by atomic mass is 9.88. The number of hydrogen-bond acceptors (Lipinski definition) is 5. The van der Waals surface area contributed by atoms with Crippen molar-refractivity contribution in [2.45, 2.75) is 26.3 Å². The molecule has 0 atom stereocenters. The highest BCUT2D eigenvalue weighted by Crippen LogP contribution is 2.40. The van der Waals surface area contributed by atoms with Crippen LogP contribution >= 0.6 is 11.3 Å². The molecule has 0 unspecified atom stereocenters. The van der Waals surface area contributed by atoms with Gasteiger partial charge in [0.15, 0.2) is 0 Å². The monoisotopic (exact) mass is 369 g/mol. The Morgan fingerprint density at radius 1 is 1.38 bits per heavy atom. The highest BCUT2D eigenvalue weighted by Gasteiger charge is 2.29. The van der Waals surface area contributed by atoms with Gasteiger partial charge in [0.1, 0.15) is 5.75 Å². The van der Waals surface area contributed by atoms with Crippen molar-refractivity contribution in [3.05, 3.63) is 51.7 Å². The van der Waals surface area contributed by atoms with Crippen molar-refractivity contribution in [1.82, 2.24) is 5.43 Å². The van der Waals surface area contributed by atoms with Crippen LogP contribution < -0.4 is 15.1 Å². The van der Waals surface area contributed by atoms with E-state index in [4.69, 9.17) is 4.74 Å². The first kappa shape index (κ1) is 18.2. The Hall–Kier alpha value is -2.60. The summed E-state index contributed by atoms with van der Waals surface area (Å²) >= 11 is 1.38. The number of methoxy groups -OCH3 is 1. The molecule has 0 saturated carbocycles. The third-order valence-electron chi connectivity index (χ3n) is 4.68. The number of hydrogen-bond donors (Lipinski definition) is 1. The second kappa shape index (κ2) is 6.96. The topological polar surface area (TPSA) is 53.9 Å². The largest absolute Gasteiger partial charge is 0.496 e. The molecule has 5 nitrogen and oxygen atoms in total. The van der Waals surface area contributed by atoms with Gasteiger partial charge >= 0.3 is 0 Å². The van der Waals surface area contributed by atoms with Gasteiger partial charge in [-0.05, 0) is 43.9 Å². The number of nitrogens with zero attached hydrogens (tertiary/aromatic N) is 2. The zero-order chi connectivity index (χ0) is 18.9. The third kappa shape index (κ3) is 3.37. The van der Waals surface area contributed by atoms with Crippen LogP contribution in [0.1, 0.15) is 41.6 Å². The number of hydrazone groups is 1. The predicted octanol–water partition coefficient (Wildman–Crippen LogP) is 4.15. The maximum absolute atomic E-state index is 12.0. The zero-order valence-corrected chi connectivity index (χ0v) is 16.5. The molecule has 2 heterocycles. The molecule has 3 rings (SSSR count). The number of carbonyl (C=O) groups excluding carboxylic acids is 1. The van der Waals surface area contributed by atoms with Gasteiger partial charge in [-0.15, -0.1) is 11.3 Å². The molecule has 1 aromatic heterocycles. The second-order valence-electron chi connectivity index (χ2n) is 6.83. The summed E-state index contributed by atoms with van der Waals surface area (Å²) in [7, 11) is 3.72. The molecule has 0 fully saturated rings. The Morgan fingerprint density at radius 3 is 2.81 bits per heavy atom. The van der Waals surface area contributed by atoms with Gasteiger partial charge in [0.05, 0.1) is 23.7 Å². The van der Waals surface area contributed by atoms with E-state index >= 15 is 0 Å². The number of likely N-dealkylation sites (N-methyl/N-ethyl adjacent to an activating group) is 1. The van der Waals surface area contributed by atoms with E-state index in [1.807, 2.05) is 23.6 Å². The molecular weight excluding hydrogens is 346 g/mol. The minimum Gasteiger partial charge on any atom is -0.496 e. The number of nitrogens with one attached hydrogen (secondary N) is 1. The summed E-state index contributed by atoms with van der Waals surface area (Å²) in [6, 6.07) is 7.67.